The van der Waals surface area contributed by atoms with Crippen LogP contribution in [0.2, 0.25) is 0 Å². The summed E-state index contributed by atoms with van der Waals surface area (Å²) in [5.41, 5.74) is 3.01. The number of nitrogens with zero attached hydrogens (tertiary/aromatic N) is 2. The maximum Gasteiger partial charge on any atom is 0.387 e. The van der Waals surface area contributed by atoms with E-state index in [4.69, 9.17) is 0 Å². The summed E-state index contributed by atoms with van der Waals surface area (Å²) < 4.78 is 61.1. The van der Waals surface area contributed by atoms with Gasteiger partial charge in [-0.2, -0.15) is 22.7 Å². The minimum Gasteiger partial charge on any atom is -0.435 e. The number of hydrogen-bond donors (Lipinski definition) is 0. The summed E-state index contributed by atoms with van der Waals surface area (Å²) in [7, 11) is 0. The smallest absolute Gasteiger partial charge is 0.387 e. The van der Waals surface area contributed by atoms with Crippen molar-refractivity contribution in [2.24, 2.45) is 0 Å². The van der Waals surface area contributed by atoms with Crippen LogP contribution in [-0.2, 0) is 0 Å². The van der Waals surface area contributed by atoms with Crippen LogP contribution in [0.25, 0.3) is 28.2 Å². The maximum atomic E-state index is 12.6. The second kappa shape index (κ2) is 8.91. The number of ether oxygens (including phenoxy) is 2. The Bertz CT molecular complexity index is 1160. The summed E-state index contributed by atoms with van der Waals surface area (Å²) in [6.45, 7) is -5.88. The van der Waals surface area contributed by atoms with Crippen LogP contribution in [-0.4, -0.2) is 23.0 Å². The van der Waals surface area contributed by atoms with Crippen molar-refractivity contribution in [3.8, 4) is 39.7 Å². The van der Waals surface area contributed by atoms with Crippen molar-refractivity contribution in [1.82, 2.24) is 9.78 Å². The number of rotatable bonds is 7. The monoisotopic (exact) mass is 428 g/mol. The van der Waals surface area contributed by atoms with Gasteiger partial charge in [0, 0.05) is 11.1 Å². The minimum atomic E-state index is -2.94. The Balaban J connectivity index is 1.81. The molecule has 4 rings (SSSR count). The lowest BCUT2D eigenvalue weighted by Crippen LogP contribution is -2.02. The van der Waals surface area contributed by atoms with E-state index in [1.165, 1.54) is 24.3 Å². The molecule has 0 amide bonds. The van der Waals surface area contributed by atoms with Crippen LogP contribution in [0, 0.1) is 0 Å². The van der Waals surface area contributed by atoms with Crippen LogP contribution in [0.3, 0.4) is 0 Å². The molecule has 0 aliphatic carbocycles. The highest BCUT2D eigenvalue weighted by Crippen LogP contribution is 2.32. The molecule has 0 N–H and O–H groups in total. The molecule has 1 aromatic heterocycles. The molecule has 0 saturated carbocycles. The van der Waals surface area contributed by atoms with E-state index in [-0.39, 0.29) is 11.5 Å². The third-order valence-corrected chi connectivity index (χ3v) is 4.42. The molecule has 0 aliphatic rings. The Morgan fingerprint density at radius 3 is 1.84 bits per heavy atom. The first kappa shape index (κ1) is 20.5. The molecule has 0 aliphatic heterocycles. The quantitative estimate of drug-likeness (QED) is 0.319. The Kier molecular flexibility index (Phi) is 5.88. The van der Waals surface area contributed by atoms with Gasteiger partial charge in [-0.1, -0.05) is 42.5 Å². The summed E-state index contributed by atoms with van der Waals surface area (Å²) in [6, 6.07) is 23.4. The molecule has 158 valence electrons. The fourth-order valence-corrected chi connectivity index (χ4v) is 3.16. The van der Waals surface area contributed by atoms with E-state index >= 15 is 0 Å². The Morgan fingerprint density at radius 1 is 0.645 bits per heavy atom. The average molecular weight is 428 g/mol. The number of aromatic nitrogens is 2. The molecule has 0 unspecified atom stereocenters. The van der Waals surface area contributed by atoms with E-state index in [9.17, 15) is 17.6 Å². The molecule has 0 bridgehead atoms. The van der Waals surface area contributed by atoms with E-state index in [0.717, 1.165) is 5.69 Å². The van der Waals surface area contributed by atoms with Crippen molar-refractivity contribution >= 4 is 0 Å². The van der Waals surface area contributed by atoms with E-state index in [1.807, 2.05) is 30.3 Å². The minimum absolute atomic E-state index is 0.00985. The summed E-state index contributed by atoms with van der Waals surface area (Å²) in [5, 5.41) is 4.62. The fourth-order valence-electron chi connectivity index (χ4n) is 3.16. The first-order valence-electron chi connectivity index (χ1n) is 9.25. The van der Waals surface area contributed by atoms with Gasteiger partial charge in [-0.05, 0) is 42.5 Å². The van der Waals surface area contributed by atoms with Gasteiger partial charge in [-0.3, -0.25) is 0 Å². The highest BCUT2D eigenvalue weighted by molar-refractivity contribution is 5.72. The topological polar surface area (TPSA) is 36.3 Å². The highest BCUT2D eigenvalue weighted by Gasteiger charge is 2.15. The number of halogens is 4. The summed E-state index contributed by atoms with van der Waals surface area (Å²) in [6.07, 6.45) is 0. The summed E-state index contributed by atoms with van der Waals surface area (Å²) in [5.74, 6) is 0.0258. The van der Waals surface area contributed by atoms with Crippen molar-refractivity contribution in [1.29, 1.82) is 0 Å². The molecular formula is C23H16F4N2O2. The summed E-state index contributed by atoms with van der Waals surface area (Å²) >= 11 is 0. The number of alkyl halides is 4. The predicted molar refractivity (Wildman–Crippen MR) is 108 cm³/mol. The first-order chi connectivity index (χ1) is 15.0. The van der Waals surface area contributed by atoms with Crippen LogP contribution in [0.4, 0.5) is 17.6 Å². The lowest BCUT2D eigenvalue weighted by molar-refractivity contribution is -0.0505. The van der Waals surface area contributed by atoms with E-state index < -0.39 is 13.2 Å². The molecule has 0 fully saturated rings. The molecule has 31 heavy (non-hydrogen) atoms. The maximum absolute atomic E-state index is 12.6. The van der Waals surface area contributed by atoms with Crippen molar-refractivity contribution < 1.29 is 27.0 Å². The molecule has 1 heterocycles. The van der Waals surface area contributed by atoms with E-state index in [1.54, 1.807) is 35.0 Å². The molecule has 0 atom stereocenters. The van der Waals surface area contributed by atoms with Crippen molar-refractivity contribution in [2.45, 2.75) is 13.2 Å². The number of hydrogen-bond acceptors (Lipinski definition) is 3. The zero-order chi connectivity index (χ0) is 21.8. The number of para-hydroxylation sites is 1. The van der Waals surface area contributed by atoms with Crippen LogP contribution < -0.4 is 9.47 Å². The fraction of sp³-hybridized carbons (Fsp3) is 0.0870. The first-order valence-corrected chi connectivity index (χ1v) is 9.25. The van der Waals surface area contributed by atoms with Crippen molar-refractivity contribution in [3.05, 3.63) is 84.9 Å². The van der Waals surface area contributed by atoms with Gasteiger partial charge in [0.25, 0.3) is 0 Å². The van der Waals surface area contributed by atoms with Crippen LogP contribution in [0.1, 0.15) is 0 Å². The van der Waals surface area contributed by atoms with Crippen molar-refractivity contribution in [3.63, 3.8) is 0 Å². The van der Waals surface area contributed by atoms with Crippen molar-refractivity contribution in [2.75, 3.05) is 0 Å². The zero-order valence-corrected chi connectivity index (χ0v) is 16.0. The van der Waals surface area contributed by atoms with Gasteiger partial charge in [-0.25, -0.2) is 4.68 Å². The van der Waals surface area contributed by atoms with E-state index in [2.05, 4.69) is 14.6 Å². The SMILES string of the molecule is FC(F)Oc1cccc(-c2cc(-c3cccc(OC(F)F)c3)n(-c3ccccc3)n2)c1. The highest BCUT2D eigenvalue weighted by atomic mass is 19.3. The molecule has 0 saturated heterocycles. The van der Waals surface area contributed by atoms with Gasteiger partial charge in [-0.15, -0.1) is 0 Å². The van der Waals surface area contributed by atoms with Crippen LogP contribution in [0.15, 0.2) is 84.9 Å². The lowest BCUT2D eigenvalue weighted by Gasteiger charge is -2.09. The van der Waals surface area contributed by atoms with Crippen LogP contribution >= 0.6 is 0 Å². The molecule has 0 radical (unpaired) electrons. The standard InChI is InChI=1S/C23H16F4N2O2/c24-22(25)30-18-10-4-6-15(12-18)20-14-21(29(28-20)17-8-2-1-3-9-17)16-7-5-11-19(13-16)31-23(26)27/h1-14,22-23H. The third-order valence-electron chi connectivity index (χ3n) is 4.42. The largest absolute Gasteiger partial charge is 0.435 e. The number of benzene rings is 3. The summed E-state index contributed by atoms with van der Waals surface area (Å²) in [4.78, 5) is 0. The zero-order valence-electron chi connectivity index (χ0n) is 16.0. The normalized spacial score (nSPS) is 11.2. The molecular weight excluding hydrogens is 412 g/mol. The Hall–Kier alpha value is -3.81. The van der Waals surface area contributed by atoms with Gasteiger partial charge in [0.05, 0.1) is 17.1 Å². The second-order valence-electron chi connectivity index (χ2n) is 6.47. The second-order valence-corrected chi connectivity index (χ2v) is 6.47. The predicted octanol–water partition coefficient (Wildman–Crippen LogP) is 6.41. The van der Waals surface area contributed by atoms with Crippen LogP contribution in [0.5, 0.6) is 11.5 Å². The third kappa shape index (κ3) is 4.85. The Morgan fingerprint density at radius 2 is 1.23 bits per heavy atom. The van der Waals surface area contributed by atoms with Gasteiger partial charge in [0.1, 0.15) is 11.5 Å². The molecule has 4 aromatic rings. The van der Waals surface area contributed by atoms with Gasteiger partial charge in [0.15, 0.2) is 0 Å². The van der Waals surface area contributed by atoms with Gasteiger partial charge >= 0.3 is 13.2 Å². The molecule has 0 spiro atoms. The van der Waals surface area contributed by atoms with E-state index in [0.29, 0.717) is 22.5 Å². The lowest BCUT2D eigenvalue weighted by atomic mass is 10.1. The average Bonchev–Trinajstić information content (AvgIpc) is 3.19. The molecule has 4 nitrogen and oxygen atoms in total. The molecule has 3 aromatic carbocycles. The molecule has 8 heteroatoms. The van der Waals surface area contributed by atoms with Gasteiger partial charge < -0.3 is 9.47 Å². The Labute approximate surface area is 175 Å². The van der Waals surface area contributed by atoms with Gasteiger partial charge in [0.2, 0.25) is 0 Å².